The van der Waals surface area contributed by atoms with Crippen molar-refractivity contribution in [1.82, 2.24) is 0 Å². The fourth-order valence-electron chi connectivity index (χ4n) is 1.50. The van der Waals surface area contributed by atoms with Crippen LogP contribution in [0.1, 0.15) is 12.5 Å². The third-order valence-corrected chi connectivity index (χ3v) is 2.67. The molecule has 1 heterocycles. The largest absolute Gasteiger partial charge is 0.423 e. The first kappa shape index (κ1) is 9.46. The average molecular weight is 253 g/mol. The summed E-state index contributed by atoms with van der Waals surface area (Å²) in [7, 11) is 0. The van der Waals surface area contributed by atoms with E-state index in [-0.39, 0.29) is 5.63 Å². The maximum Gasteiger partial charge on any atom is 0.336 e. The van der Waals surface area contributed by atoms with Crippen molar-refractivity contribution in [2.75, 3.05) is 0 Å². The van der Waals surface area contributed by atoms with Crippen LogP contribution in [0, 0.1) is 0 Å². The van der Waals surface area contributed by atoms with E-state index in [9.17, 15) is 4.79 Å². The van der Waals surface area contributed by atoms with Crippen LogP contribution >= 0.6 is 15.9 Å². The summed E-state index contributed by atoms with van der Waals surface area (Å²) in [5, 5.41) is 1.01. The molecule has 0 unspecified atom stereocenters. The van der Waals surface area contributed by atoms with Crippen molar-refractivity contribution < 1.29 is 4.42 Å². The van der Waals surface area contributed by atoms with Gasteiger partial charge in [-0.2, -0.15) is 0 Å². The van der Waals surface area contributed by atoms with Crippen LogP contribution in [0.2, 0.25) is 0 Å². The van der Waals surface area contributed by atoms with Crippen molar-refractivity contribution in [1.29, 1.82) is 0 Å². The second-order valence-corrected chi connectivity index (χ2v) is 4.00. The summed E-state index contributed by atoms with van der Waals surface area (Å²) in [6, 6.07) is 7.27. The second-order valence-electron chi connectivity index (χ2n) is 3.08. The summed E-state index contributed by atoms with van der Waals surface area (Å²) in [5.41, 5.74) is 1.39. The molecule has 2 rings (SSSR count). The topological polar surface area (TPSA) is 30.2 Å². The zero-order chi connectivity index (χ0) is 10.1. The standard InChI is InChI=1S/C11H9BrO2/c1-2-7-5-11(13)14-10-6-8(12)3-4-9(7)10/h3-6H,2H2,1H3. The Kier molecular flexibility index (Phi) is 2.42. The van der Waals surface area contributed by atoms with Gasteiger partial charge in [0.15, 0.2) is 0 Å². The van der Waals surface area contributed by atoms with Crippen LogP contribution in [0.3, 0.4) is 0 Å². The van der Waals surface area contributed by atoms with E-state index in [1.807, 2.05) is 25.1 Å². The summed E-state index contributed by atoms with van der Waals surface area (Å²) >= 11 is 3.34. The Morgan fingerprint density at radius 3 is 2.86 bits per heavy atom. The minimum absolute atomic E-state index is 0.285. The molecule has 2 aromatic rings. The van der Waals surface area contributed by atoms with Gasteiger partial charge in [-0.15, -0.1) is 0 Å². The van der Waals surface area contributed by atoms with E-state index in [1.165, 1.54) is 0 Å². The highest BCUT2D eigenvalue weighted by Gasteiger charge is 2.03. The van der Waals surface area contributed by atoms with E-state index in [0.29, 0.717) is 5.58 Å². The molecule has 0 radical (unpaired) electrons. The van der Waals surface area contributed by atoms with Gasteiger partial charge in [0.05, 0.1) is 0 Å². The summed E-state index contributed by atoms with van der Waals surface area (Å²) in [6.07, 6.45) is 0.837. The minimum Gasteiger partial charge on any atom is -0.423 e. The highest BCUT2D eigenvalue weighted by molar-refractivity contribution is 9.10. The molecule has 72 valence electrons. The van der Waals surface area contributed by atoms with Crippen molar-refractivity contribution in [3.05, 3.63) is 44.7 Å². The van der Waals surface area contributed by atoms with Crippen LogP contribution in [0.25, 0.3) is 11.0 Å². The second kappa shape index (κ2) is 3.58. The molecule has 0 spiro atoms. The zero-order valence-corrected chi connectivity index (χ0v) is 9.30. The number of hydrogen-bond donors (Lipinski definition) is 0. The molecule has 0 aliphatic heterocycles. The van der Waals surface area contributed by atoms with Gasteiger partial charge in [0.25, 0.3) is 0 Å². The first-order chi connectivity index (χ1) is 6.70. The monoisotopic (exact) mass is 252 g/mol. The van der Waals surface area contributed by atoms with Gasteiger partial charge in [0.1, 0.15) is 5.58 Å². The SMILES string of the molecule is CCc1cc(=O)oc2cc(Br)ccc12. The summed E-state index contributed by atoms with van der Waals surface area (Å²) in [4.78, 5) is 11.2. The average Bonchev–Trinajstić information content (AvgIpc) is 2.15. The molecule has 0 fully saturated rings. The molecule has 3 heteroatoms. The molecule has 0 N–H and O–H groups in total. The third-order valence-electron chi connectivity index (χ3n) is 2.17. The normalized spacial score (nSPS) is 10.7. The lowest BCUT2D eigenvalue weighted by molar-refractivity contribution is 0.559. The number of benzene rings is 1. The van der Waals surface area contributed by atoms with Gasteiger partial charge in [-0.3, -0.25) is 0 Å². The minimum atomic E-state index is -0.285. The lowest BCUT2D eigenvalue weighted by Crippen LogP contribution is -1.99. The van der Waals surface area contributed by atoms with Crippen LogP contribution in [-0.2, 0) is 6.42 Å². The Morgan fingerprint density at radius 1 is 1.36 bits per heavy atom. The van der Waals surface area contributed by atoms with Crippen molar-refractivity contribution in [2.45, 2.75) is 13.3 Å². The maximum absolute atomic E-state index is 11.2. The zero-order valence-electron chi connectivity index (χ0n) is 7.71. The number of fused-ring (bicyclic) bond motifs is 1. The van der Waals surface area contributed by atoms with Gasteiger partial charge in [0.2, 0.25) is 0 Å². The molecule has 0 saturated heterocycles. The molecule has 1 aromatic heterocycles. The highest BCUT2D eigenvalue weighted by atomic mass is 79.9. The molecular weight excluding hydrogens is 244 g/mol. The molecule has 0 amide bonds. The van der Waals surface area contributed by atoms with Crippen molar-refractivity contribution in [3.8, 4) is 0 Å². The quantitative estimate of drug-likeness (QED) is 0.731. The Hall–Kier alpha value is -1.09. The predicted octanol–water partition coefficient (Wildman–Crippen LogP) is 3.12. The predicted molar refractivity (Wildman–Crippen MR) is 59.6 cm³/mol. The molecule has 0 saturated carbocycles. The first-order valence-electron chi connectivity index (χ1n) is 4.43. The fourth-order valence-corrected chi connectivity index (χ4v) is 1.84. The van der Waals surface area contributed by atoms with E-state index in [0.717, 1.165) is 21.8 Å². The Bertz CT molecular complexity index is 528. The Morgan fingerprint density at radius 2 is 2.14 bits per heavy atom. The fraction of sp³-hybridized carbons (Fsp3) is 0.182. The number of rotatable bonds is 1. The lowest BCUT2D eigenvalue weighted by atomic mass is 10.1. The van der Waals surface area contributed by atoms with Gasteiger partial charge >= 0.3 is 5.63 Å². The third kappa shape index (κ3) is 1.60. The van der Waals surface area contributed by atoms with Crippen LogP contribution in [0.5, 0.6) is 0 Å². The summed E-state index contributed by atoms with van der Waals surface area (Å²) in [6.45, 7) is 2.02. The van der Waals surface area contributed by atoms with Gasteiger partial charge in [-0.25, -0.2) is 4.79 Å². The number of aryl methyl sites for hydroxylation is 1. The Balaban J connectivity index is 2.87. The van der Waals surface area contributed by atoms with Gasteiger partial charge in [-0.1, -0.05) is 22.9 Å². The van der Waals surface area contributed by atoms with Crippen molar-refractivity contribution in [2.24, 2.45) is 0 Å². The van der Waals surface area contributed by atoms with Crippen molar-refractivity contribution in [3.63, 3.8) is 0 Å². The van der Waals surface area contributed by atoms with Crippen molar-refractivity contribution >= 4 is 26.9 Å². The van der Waals surface area contributed by atoms with Crippen LogP contribution in [0.15, 0.2) is 37.9 Å². The van der Waals surface area contributed by atoms with Crippen LogP contribution < -0.4 is 5.63 Å². The van der Waals surface area contributed by atoms with E-state index >= 15 is 0 Å². The molecule has 2 nitrogen and oxygen atoms in total. The molecule has 14 heavy (non-hydrogen) atoms. The molecule has 0 aliphatic rings. The molecule has 0 bridgehead atoms. The van der Waals surface area contributed by atoms with E-state index in [2.05, 4.69) is 15.9 Å². The number of halogens is 1. The number of hydrogen-bond acceptors (Lipinski definition) is 2. The summed E-state index contributed by atoms with van der Waals surface area (Å²) < 4.78 is 6.02. The van der Waals surface area contributed by atoms with Crippen LogP contribution in [-0.4, -0.2) is 0 Å². The highest BCUT2D eigenvalue weighted by Crippen LogP contribution is 2.21. The summed E-state index contributed by atoms with van der Waals surface area (Å²) in [5.74, 6) is 0. The molecule has 0 atom stereocenters. The van der Waals surface area contributed by atoms with E-state index in [1.54, 1.807) is 6.07 Å². The van der Waals surface area contributed by atoms with E-state index in [4.69, 9.17) is 4.42 Å². The van der Waals surface area contributed by atoms with Gasteiger partial charge in [0, 0.05) is 15.9 Å². The molecular formula is C11H9BrO2. The first-order valence-corrected chi connectivity index (χ1v) is 5.22. The Labute approximate surface area is 89.7 Å². The van der Waals surface area contributed by atoms with Gasteiger partial charge < -0.3 is 4.42 Å². The van der Waals surface area contributed by atoms with E-state index < -0.39 is 0 Å². The van der Waals surface area contributed by atoms with Gasteiger partial charge in [-0.05, 0) is 30.2 Å². The molecule has 0 aliphatic carbocycles. The maximum atomic E-state index is 11.2. The molecule has 1 aromatic carbocycles. The lowest BCUT2D eigenvalue weighted by Gasteiger charge is -2.02. The van der Waals surface area contributed by atoms with Crippen LogP contribution in [0.4, 0.5) is 0 Å². The smallest absolute Gasteiger partial charge is 0.336 e.